The summed E-state index contributed by atoms with van der Waals surface area (Å²) in [5.74, 6) is -0.513. The second kappa shape index (κ2) is 4.18. The molecule has 61 valence electrons. The Morgan fingerprint density at radius 1 is 1.42 bits per heavy atom. The van der Waals surface area contributed by atoms with E-state index in [1.54, 1.807) is 24.3 Å². The molecule has 3 heteroatoms. The topological polar surface area (TPSA) is 46.5 Å². The lowest BCUT2D eigenvalue weighted by Gasteiger charge is -1.95. The number of hydrogen-bond donors (Lipinski definition) is 1. The van der Waals surface area contributed by atoms with Crippen LogP contribution in [0.2, 0.25) is 0 Å². The molecule has 1 radical (unpaired) electrons. The third kappa shape index (κ3) is 2.88. The molecule has 0 atom stereocenters. The Balaban J connectivity index is 2.49. The van der Waals surface area contributed by atoms with Crippen molar-refractivity contribution >= 4 is 5.97 Å². The summed E-state index contributed by atoms with van der Waals surface area (Å²) < 4.78 is 4.83. The minimum Gasteiger partial charge on any atom is -0.478 e. The molecule has 1 N–H and O–H groups in total. The fraction of sp³-hybridized carbons (Fsp3) is 0. The van der Waals surface area contributed by atoms with Gasteiger partial charge in [0.2, 0.25) is 0 Å². The molecule has 0 bridgehead atoms. The summed E-state index contributed by atoms with van der Waals surface area (Å²) in [5.41, 5.74) is 0. The van der Waals surface area contributed by atoms with Gasteiger partial charge in [0.05, 0.1) is 6.08 Å². The molecule has 1 rings (SSSR count). The number of benzene rings is 1. The van der Waals surface area contributed by atoms with Gasteiger partial charge in [-0.1, -0.05) is 18.2 Å². The van der Waals surface area contributed by atoms with Crippen LogP contribution in [0.25, 0.3) is 0 Å². The van der Waals surface area contributed by atoms with Crippen LogP contribution < -0.4 is 4.74 Å². The van der Waals surface area contributed by atoms with Crippen molar-refractivity contribution in [2.45, 2.75) is 0 Å². The Kier molecular flexibility index (Phi) is 2.90. The molecule has 0 aliphatic carbocycles. The van der Waals surface area contributed by atoms with Crippen LogP contribution >= 0.6 is 0 Å². The Hall–Kier alpha value is -1.77. The van der Waals surface area contributed by atoms with Crippen LogP contribution in [0.1, 0.15) is 0 Å². The van der Waals surface area contributed by atoms with Crippen molar-refractivity contribution < 1.29 is 14.6 Å². The molecule has 0 heterocycles. The first-order valence-electron chi connectivity index (χ1n) is 3.32. The van der Waals surface area contributed by atoms with Crippen molar-refractivity contribution in [1.82, 2.24) is 0 Å². The SMILES string of the molecule is O=C(O)/C=[C]/Oc1ccccc1. The van der Waals surface area contributed by atoms with Gasteiger partial charge in [-0.25, -0.2) is 4.79 Å². The van der Waals surface area contributed by atoms with E-state index < -0.39 is 5.97 Å². The van der Waals surface area contributed by atoms with Crippen LogP contribution in [0.4, 0.5) is 0 Å². The van der Waals surface area contributed by atoms with Crippen molar-refractivity contribution in [3.63, 3.8) is 0 Å². The zero-order valence-electron chi connectivity index (χ0n) is 6.23. The highest BCUT2D eigenvalue weighted by molar-refractivity contribution is 5.78. The first kappa shape index (κ1) is 8.33. The molecule has 12 heavy (non-hydrogen) atoms. The standard InChI is InChI=1S/C9H7O3/c10-9(11)6-7-12-8-4-2-1-3-5-8/h1-6H,(H,10,11). The monoisotopic (exact) mass is 163 g/mol. The van der Waals surface area contributed by atoms with Gasteiger partial charge < -0.3 is 9.84 Å². The highest BCUT2D eigenvalue weighted by Gasteiger charge is 1.89. The van der Waals surface area contributed by atoms with E-state index in [9.17, 15) is 4.79 Å². The van der Waals surface area contributed by atoms with Crippen molar-refractivity contribution in [2.75, 3.05) is 0 Å². The summed E-state index contributed by atoms with van der Waals surface area (Å²) in [6.07, 6.45) is 2.99. The van der Waals surface area contributed by atoms with Gasteiger partial charge in [-0.3, -0.25) is 0 Å². The van der Waals surface area contributed by atoms with E-state index in [-0.39, 0.29) is 0 Å². The first-order chi connectivity index (χ1) is 5.79. The van der Waals surface area contributed by atoms with Crippen LogP contribution in [-0.4, -0.2) is 11.1 Å². The minimum absolute atomic E-state index is 0.565. The molecule has 0 aromatic heterocycles. The molecule has 0 aliphatic rings. The molecule has 0 saturated heterocycles. The smallest absolute Gasteiger partial charge is 0.332 e. The van der Waals surface area contributed by atoms with Gasteiger partial charge in [0, 0.05) is 0 Å². The quantitative estimate of drug-likeness (QED) is 0.542. The van der Waals surface area contributed by atoms with E-state index in [1.165, 1.54) is 0 Å². The summed E-state index contributed by atoms with van der Waals surface area (Å²) in [5, 5.41) is 8.19. The molecule has 0 unspecified atom stereocenters. The Morgan fingerprint density at radius 2 is 2.08 bits per heavy atom. The molecular formula is C9H7O3. The average molecular weight is 163 g/mol. The summed E-state index contributed by atoms with van der Waals surface area (Å²) in [4.78, 5) is 9.99. The van der Waals surface area contributed by atoms with Crippen LogP contribution in [0, 0.1) is 6.26 Å². The molecular weight excluding hydrogens is 156 g/mol. The molecule has 3 nitrogen and oxygen atoms in total. The van der Waals surface area contributed by atoms with Crippen molar-refractivity contribution in [3.8, 4) is 5.75 Å². The Morgan fingerprint density at radius 3 is 2.67 bits per heavy atom. The van der Waals surface area contributed by atoms with Crippen LogP contribution in [0.5, 0.6) is 5.75 Å². The number of carbonyl (C=O) groups is 1. The molecule has 0 fully saturated rings. The van der Waals surface area contributed by atoms with Gasteiger partial charge in [-0.2, -0.15) is 0 Å². The predicted octanol–water partition coefficient (Wildman–Crippen LogP) is 1.47. The summed E-state index contributed by atoms with van der Waals surface area (Å²) in [6, 6.07) is 8.84. The largest absolute Gasteiger partial charge is 0.478 e. The van der Waals surface area contributed by atoms with E-state index >= 15 is 0 Å². The number of ether oxygens (including phenoxy) is 1. The second-order valence-corrected chi connectivity index (χ2v) is 2.02. The lowest BCUT2D eigenvalue weighted by Crippen LogP contribution is -1.89. The number of hydrogen-bond acceptors (Lipinski definition) is 2. The minimum atomic E-state index is -1.08. The lowest BCUT2D eigenvalue weighted by atomic mass is 10.3. The second-order valence-electron chi connectivity index (χ2n) is 2.02. The molecule has 0 spiro atoms. The van der Waals surface area contributed by atoms with Gasteiger partial charge in [-0.15, -0.1) is 0 Å². The third-order valence-electron chi connectivity index (χ3n) is 1.10. The van der Waals surface area contributed by atoms with E-state index in [4.69, 9.17) is 9.84 Å². The van der Waals surface area contributed by atoms with E-state index in [1.807, 2.05) is 6.07 Å². The fourth-order valence-electron chi connectivity index (χ4n) is 0.636. The Labute approximate surface area is 69.9 Å². The first-order valence-corrected chi connectivity index (χ1v) is 3.32. The van der Waals surface area contributed by atoms with E-state index in [0.29, 0.717) is 5.75 Å². The molecule has 0 amide bonds. The van der Waals surface area contributed by atoms with E-state index in [2.05, 4.69) is 6.26 Å². The number of rotatable bonds is 3. The van der Waals surface area contributed by atoms with Crippen LogP contribution in [0.15, 0.2) is 36.4 Å². The van der Waals surface area contributed by atoms with Gasteiger partial charge in [0.25, 0.3) is 0 Å². The van der Waals surface area contributed by atoms with Gasteiger partial charge in [0.1, 0.15) is 5.75 Å². The number of para-hydroxylation sites is 1. The number of aliphatic carboxylic acids is 1. The Bertz CT molecular complexity index is 277. The highest BCUT2D eigenvalue weighted by atomic mass is 16.5. The summed E-state index contributed by atoms with van der Waals surface area (Å²) in [7, 11) is 0. The van der Waals surface area contributed by atoms with Gasteiger partial charge in [0.15, 0.2) is 6.26 Å². The van der Waals surface area contributed by atoms with Gasteiger partial charge >= 0.3 is 5.97 Å². The molecule has 1 aromatic carbocycles. The van der Waals surface area contributed by atoms with E-state index in [0.717, 1.165) is 6.08 Å². The molecule has 1 aromatic rings. The van der Waals surface area contributed by atoms with Crippen molar-refractivity contribution in [3.05, 3.63) is 42.7 Å². The maximum atomic E-state index is 9.99. The molecule has 0 saturated carbocycles. The average Bonchev–Trinajstić information content (AvgIpc) is 2.05. The normalized spacial score (nSPS) is 10.0. The third-order valence-corrected chi connectivity index (χ3v) is 1.10. The zero-order valence-corrected chi connectivity index (χ0v) is 6.23. The highest BCUT2D eigenvalue weighted by Crippen LogP contribution is 2.07. The van der Waals surface area contributed by atoms with Gasteiger partial charge in [-0.05, 0) is 12.1 Å². The maximum Gasteiger partial charge on any atom is 0.332 e. The zero-order chi connectivity index (χ0) is 8.81. The molecule has 0 aliphatic heterocycles. The maximum absolute atomic E-state index is 9.99. The summed E-state index contributed by atoms with van der Waals surface area (Å²) in [6.45, 7) is 0. The van der Waals surface area contributed by atoms with Crippen molar-refractivity contribution in [2.24, 2.45) is 0 Å². The number of carboxylic acid groups (broad SMARTS) is 1. The van der Waals surface area contributed by atoms with Crippen LogP contribution in [0.3, 0.4) is 0 Å². The lowest BCUT2D eigenvalue weighted by molar-refractivity contribution is -0.131. The number of carboxylic acids is 1. The van der Waals surface area contributed by atoms with Crippen LogP contribution in [-0.2, 0) is 4.79 Å². The predicted molar refractivity (Wildman–Crippen MR) is 42.5 cm³/mol. The summed E-state index contributed by atoms with van der Waals surface area (Å²) >= 11 is 0. The fourth-order valence-corrected chi connectivity index (χ4v) is 0.636. The van der Waals surface area contributed by atoms with Crippen molar-refractivity contribution in [1.29, 1.82) is 0 Å².